The molecule has 1 aromatic heterocycles. The molecule has 0 saturated heterocycles. The second-order valence-corrected chi connectivity index (χ2v) is 4.22. The Morgan fingerprint density at radius 2 is 2.28 bits per heavy atom. The van der Waals surface area contributed by atoms with Crippen molar-refractivity contribution in [1.82, 2.24) is 10.1 Å². The summed E-state index contributed by atoms with van der Waals surface area (Å²) in [5.74, 6) is 1.17. The van der Waals surface area contributed by atoms with Gasteiger partial charge in [0.2, 0.25) is 11.7 Å². The van der Waals surface area contributed by atoms with Crippen LogP contribution in [0.25, 0.3) is 11.4 Å². The number of nitrogens with one attached hydrogen (secondary N) is 1. The molecule has 0 bridgehead atoms. The molecule has 0 aliphatic heterocycles. The molecule has 96 valence electrons. The Kier molecular flexibility index (Phi) is 3.94. The van der Waals surface area contributed by atoms with Gasteiger partial charge in [-0.1, -0.05) is 17.3 Å². The average Bonchev–Trinajstić information content (AvgIpc) is 2.76. The first kappa shape index (κ1) is 12.6. The standard InChI is InChI=1S/C13H17N3O2/c1-9(8-17-3)14-12-6-4-5-11(7-12)13-15-10(2)18-16-13/h4-7,9,14H,8H2,1-3H3/t9-/m1/s1. The molecule has 0 aliphatic carbocycles. The molecule has 1 aromatic carbocycles. The largest absolute Gasteiger partial charge is 0.383 e. The molecule has 0 saturated carbocycles. The quantitative estimate of drug-likeness (QED) is 0.879. The van der Waals surface area contributed by atoms with Crippen molar-refractivity contribution >= 4 is 5.69 Å². The maximum absolute atomic E-state index is 5.09. The number of methoxy groups -OCH3 is 1. The predicted octanol–water partition coefficient (Wildman–Crippen LogP) is 2.49. The van der Waals surface area contributed by atoms with E-state index in [0.717, 1.165) is 11.3 Å². The van der Waals surface area contributed by atoms with Crippen molar-refractivity contribution in [2.24, 2.45) is 0 Å². The third kappa shape index (κ3) is 3.07. The van der Waals surface area contributed by atoms with E-state index in [1.807, 2.05) is 24.3 Å². The lowest BCUT2D eigenvalue weighted by Crippen LogP contribution is -2.20. The summed E-state index contributed by atoms with van der Waals surface area (Å²) in [4.78, 5) is 4.21. The topological polar surface area (TPSA) is 60.2 Å². The maximum atomic E-state index is 5.09. The summed E-state index contributed by atoms with van der Waals surface area (Å²) in [5, 5.41) is 7.25. The van der Waals surface area contributed by atoms with Crippen LogP contribution < -0.4 is 5.32 Å². The van der Waals surface area contributed by atoms with E-state index in [0.29, 0.717) is 18.3 Å². The summed E-state index contributed by atoms with van der Waals surface area (Å²) in [7, 11) is 1.69. The van der Waals surface area contributed by atoms with Gasteiger partial charge in [0.25, 0.3) is 0 Å². The molecule has 0 aliphatic rings. The monoisotopic (exact) mass is 247 g/mol. The Morgan fingerprint density at radius 3 is 2.94 bits per heavy atom. The predicted molar refractivity (Wildman–Crippen MR) is 69.4 cm³/mol. The van der Waals surface area contributed by atoms with Crippen LogP contribution in [0, 0.1) is 6.92 Å². The van der Waals surface area contributed by atoms with E-state index in [9.17, 15) is 0 Å². The molecule has 2 rings (SSSR count). The summed E-state index contributed by atoms with van der Waals surface area (Å²) in [5.41, 5.74) is 1.95. The highest BCUT2D eigenvalue weighted by Crippen LogP contribution is 2.20. The van der Waals surface area contributed by atoms with Crippen LogP contribution in [0.3, 0.4) is 0 Å². The summed E-state index contributed by atoms with van der Waals surface area (Å²) in [6.07, 6.45) is 0. The zero-order valence-corrected chi connectivity index (χ0v) is 10.8. The van der Waals surface area contributed by atoms with E-state index < -0.39 is 0 Å². The molecule has 5 nitrogen and oxygen atoms in total. The highest BCUT2D eigenvalue weighted by molar-refractivity contribution is 5.62. The van der Waals surface area contributed by atoms with Crippen LogP contribution in [0.5, 0.6) is 0 Å². The smallest absolute Gasteiger partial charge is 0.223 e. The number of hydrogen-bond acceptors (Lipinski definition) is 5. The average molecular weight is 247 g/mol. The molecule has 0 spiro atoms. The third-order valence-electron chi connectivity index (χ3n) is 2.48. The lowest BCUT2D eigenvalue weighted by Gasteiger charge is -2.14. The van der Waals surface area contributed by atoms with Gasteiger partial charge < -0.3 is 14.6 Å². The van der Waals surface area contributed by atoms with Crippen LogP contribution >= 0.6 is 0 Å². The van der Waals surface area contributed by atoms with Gasteiger partial charge in [-0.05, 0) is 19.1 Å². The summed E-state index contributed by atoms with van der Waals surface area (Å²) >= 11 is 0. The normalized spacial score (nSPS) is 12.4. The van der Waals surface area contributed by atoms with Crippen LogP contribution in [-0.2, 0) is 4.74 Å². The Balaban J connectivity index is 2.15. The first-order chi connectivity index (χ1) is 8.69. The number of hydrogen-bond donors (Lipinski definition) is 1. The van der Waals surface area contributed by atoms with Gasteiger partial charge in [0.1, 0.15) is 0 Å². The van der Waals surface area contributed by atoms with E-state index in [1.165, 1.54) is 0 Å². The van der Waals surface area contributed by atoms with Crippen molar-refractivity contribution in [3.8, 4) is 11.4 Å². The number of aryl methyl sites for hydroxylation is 1. The van der Waals surface area contributed by atoms with Crippen molar-refractivity contribution in [3.63, 3.8) is 0 Å². The molecule has 1 heterocycles. The van der Waals surface area contributed by atoms with Crippen molar-refractivity contribution in [1.29, 1.82) is 0 Å². The fourth-order valence-electron chi connectivity index (χ4n) is 1.74. The molecule has 18 heavy (non-hydrogen) atoms. The molecule has 5 heteroatoms. The van der Waals surface area contributed by atoms with Crippen molar-refractivity contribution in [3.05, 3.63) is 30.2 Å². The van der Waals surface area contributed by atoms with Crippen molar-refractivity contribution < 1.29 is 9.26 Å². The molecule has 1 N–H and O–H groups in total. The number of rotatable bonds is 5. The number of nitrogens with zero attached hydrogens (tertiary/aromatic N) is 2. The van der Waals surface area contributed by atoms with Crippen LogP contribution in [-0.4, -0.2) is 29.9 Å². The van der Waals surface area contributed by atoms with Crippen LogP contribution in [0.2, 0.25) is 0 Å². The van der Waals surface area contributed by atoms with E-state index in [1.54, 1.807) is 14.0 Å². The first-order valence-electron chi connectivity index (χ1n) is 5.85. The number of benzene rings is 1. The Labute approximate surface area is 106 Å². The molecule has 0 amide bonds. The van der Waals surface area contributed by atoms with Gasteiger partial charge >= 0.3 is 0 Å². The fourth-order valence-corrected chi connectivity index (χ4v) is 1.74. The van der Waals surface area contributed by atoms with Crippen molar-refractivity contribution in [2.45, 2.75) is 19.9 Å². The van der Waals surface area contributed by atoms with Gasteiger partial charge in [0, 0.05) is 31.3 Å². The van der Waals surface area contributed by atoms with Crippen molar-refractivity contribution in [2.75, 3.05) is 19.0 Å². The van der Waals surface area contributed by atoms with E-state index in [4.69, 9.17) is 9.26 Å². The highest BCUT2D eigenvalue weighted by Gasteiger charge is 2.07. The molecular formula is C13H17N3O2. The van der Waals surface area contributed by atoms with E-state index >= 15 is 0 Å². The molecule has 0 radical (unpaired) electrons. The molecule has 0 unspecified atom stereocenters. The van der Waals surface area contributed by atoms with Crippen LogP contribution in [0.1, 0.15) is 12.8 Å². The van der Waals surface area contributed by atoms with Crippen LogP contribution in [0.4, 0.5) is 5.69 Å². The zero-order valence-electron chi connectivity index (χ0n) is 10.8. The van der Waals surface area contributed by atoms with Gasteiger partial charge in [-0.3, -0.25) is 0 Å². The SMILES string of the molecule is COC[C@@H](C)Nc1cccc(-c2noc(C)n2)c1. The number of aromatic nitrogens is 2. The minimum Gasteiger partial charge on any atom is -0.383 e. The Morgan fingerprint density at radius 1 is 1.44 bits per heavy atom. The third-order valence-corrected chi connectivity index (χ3v) is 2.48. The highest BCUT2D eigenvalue weighted by atomic mass is 16.5. The lowest BCUT2D eigenvalue weighted by molar-refractivity contribution is 0.190. The Bertz CT molecular complexity index is 510. The number of anilines is 1. The van der Waals surface area contributed by atoms with Crippen LogP contribution in [0.15, 0.2) is 28.8 Å². The molecule has 1 atom stereocenters. The molecule has 0 fully saturated rings. The van der Waals surface area contributed by atoms with E-state index in [-0.39, 0.29) is 6.04 Å². The number of ether oxygens (including phenoxy) is 1. The lowest BCUT2D eigenvalue weighted by atomic mass is 10.2. The van der Waals surface area contributed by atoms with Gasteiger partial charge in [-0.25, -0.2) is 0 Å². The maximum Gasteiger partial charge on any atom is 0.223 e. The molecule has 2 aromatic rings. The van der Waals surface area contributed by atoms with Gasteiger partial charge in [0.05, 0.1) is 6.61 Å². The first-order valence-corrected chi connectivity index (χ1v) is 5.85. The fraction of sp³-hybridized carbons (Fsp3) is 0.385. The second kappa shape index (κ2) is 5.64. The minimum atomic E-state index is 0.247. The van der Waals surface area contributed by atoms with Gasteiger partial charge in [0.15, 0.2) is 0 Å². The summed E-state index contributed by atoms with van der Waals surface area (Å²) in [6.45, 7) is 4.50. The van der Waals surface area contributed by atoms with Gasteiger partial charge in [-0.15, -0.1) is 0 Å². The summed E-state index contributed by atoms with van der Waals surface area (Å²) < 4.78 is 10.1. The van der Waals surface area contributed by atoms with E-state index in [2.05, 4.69) is 22.4 Å². The Hall–Kier alpha value is -1.88. The summed E-state index contributed by atoms with van der Waals surface area (Å²) in [6, 6.07) is 8.16. The zero-order chi connectivity index (χ0) is 13.0. The minimum absolute atomic E-state index is 0.247. The second-order valence-electron chi connectivity index (χ2n) is 4.22. The molecular weight excluding hydrogens is 230 g/mol. The van der Waals surface area contributed by atoms with Gasteiger partial charge in [-0.2, -0.15) is 4.98 Å².